The molecule has 0 aliphatic heterocycles. The van der Waals surface area contributed by atoms with E-state index in [9.17, 15) is 30.7 Å². The average molecular weight is 375 g/mol. The number of alkyl halides is 7. The normalized spacial score (nSPS) is 14.5. The fourth-order valence-electron chi connectivity index (χ4n) is 2.50. The molecule has 0 N–H and O–H groups in total. The highest BCUT2D eigenvalue weighted by Crippen LogP contribution is 2.51. The van der Waals surface area contributed by atoms with Gasteiger partial charge in [-0.3, -0.25) is 0 Å². The van der Waals surface area contributed by atoms with Gasteiger partial charge >= 0.3 is 18.0 Å². The van der Waals surface area contributed by atoms with Crippen LogP contribution in [-0.2, 0) is 4.74 Å². The van der Waals surface area contributed by atoms with Crippen molar-refractivity contribution in [3.63, 3.8) is 0 Å². The minimum Gasteiger partial charge on any atom is -0.377 e. The van der Waals surface area contributed by atoms with Gasteiger partial charge in [-0.15, -0.1) is 0 Å². The Morgan fingerprint density at radius 1 is 0.960 bits per heavy atom. The van der Waals surface area contributed by atoms with E-state index in [1.807, 2.05) is 18.7 Å². The Morgan fingerprint density at radius 2 is 1.48 bits per heavy atom. The van der Waals surface area contributed by atoms with Crippen LogP contribution in [0.25, 0.3) is 0 Å². The number of ether oxygens (including phenoxy) is 1. The molecule has 1 rings (SSSR count). The molecule has 1 aromatic rings. The van der Waals surface area contributed by atoms with Crippen LogP contribution < -0.4 is 4.90 Å². The number of halogens is 7. The molecule has 0 saturated carbocycles. The summed E-state index contributed by atoms with van der Waals surface area (Å²) >= 11 is 0. The molecule has 0 fully saturated rings. The molecule has 0 saturated heterocycles. The highest BCUT2D eigenvalue weighted by molar-refractivity contribution is 5.49. The Morgan fingerprint density at radius 3 is 1.88 bits per heavy atom. The molecule has 9 heteroatoms. The van der Waals surface area contributed by atoms with Crippen LogP contribution in [0, 0.1) is 0 Å². The maximum Gasteiger partial charge on any atom is 0.431 e. The Hall–Kier alpha value is -1.51. The number of nitrogens with zero attached hydrogens (tertiary/aromatic N) is 1. The number of hydrogen-bond acceptors (Lipinski definition) is 2. The topological polar surface area (TPSA) is 12.5 Å². The van der Waals surface area contributed by atoms with Gasteiger partial charge in [-0.2, -0.15) is 26.3 Å². The van der Waals surface area contributed by atoms with Crippen LogP contribution in [0.15, 0.2) is 24.3 Å². The Bertz CT molecular complexity index is 538. The van der Waals surface area contributed by atoms with Gasteiger partial charge in [0.25, 0.3) is 0 Å². The summed E-state index contributed by atoms with van der Waals surface area (Å²) in [6.45, 7) is 4.89. The van der Waals surface area contributed by atoms with E-state index in [1.54, 1.807) is 6.07 Å². The Labute approximate surface area is 141 Å². The fourth-order valence-corrected chi connectivity index (χ4v) is 2.50. The average Bonchev–Trinajstić information content (AvgIpc) is 2.51. The summed E-state index contributed by atoms with van der Waals surface area (Å²) in [5.74, 6) is 0. The second-order valence-electron chi connectivity index (χ2n) is 5.49. The number of methoxy groups -OCH3 is 1. The first kappa shape index (κ1) is 21.5. The van der Waals surface area contributed by atoms with E-state index < -0.39 is 30.5 Å². The molecule has 0 spiro atoms. The molecule has 1 atom stereocenters. The molecule has 0 radical (unpaired) electrons. The van der Waals surface area contributed by atoms with Gasteiger partial charge in [-0.05, 0) is 31.5 Å². The summed E-state index contributed by atoms with van der Waals surface area (Å²) in [6, 6.07) is 5.87. The summed E-state index contributed by atoms with van der Waals surface area (Å²) in [5.41, 5.74) is -4.71. The van der Waals surface area contributed by atoms with Crippen molar-refractivity contribution in [2.45, 2.75) is 44.4 Å². The van der Waals surface area contributed by atoms with Crippen molar-refractivity contribution in [2.75, 3.05) is 25.1 Å². The van der Waals surface area contributed by atoms with Crippen molar-refractivity contribution in [1.29, 1.82) is 0 Å². The van der Waals surface area contributed by atoms with Gasteiger partial charge in [0.2, 0.25) is 0 Å². The van der Waals surface area contributed by atoms with E-state index >= 15 is 0 Å². The first-order valence-corrected chi connectivity index (χ1v) is 7.61. The zero-order valence-electron chi connectivity index (χ0n) is 14.0. The van der Waals surface area contributed by atoms with Gasteiger partial charge in [0.15, 0.2) is 0 Å². The van der Waals surface area contributed by atoms with Crippen LogP contribution in [0.3, 0.4) is 0 Å². The Balaban J connectivity index is 3.24. The minimum atomic E-state index is -6.10. The number of benzene rings is 1. The van der Waals surface area contributed by atoms with E-state index in [0.717, 1.165) is 7.11 Å². The van der Waals surface area contributed by atoms with Crippen LogP contribution in [0.5, 0.6) is 0 Å². The summed E-state index contributed by atoms with van der Waals surface area (Å²) in [6.07, 6.45) is -15.8. The van der Waals surface area contributed by atoms with E-state index in [2.05, 4.69) is 0 Å². The van der Waals surface area contributed by atoms with Crippen molar-refractivity contribution < 1.29 is 35.5 Å². The number of rotatable bonds is 7. The third kappa shape index (κ3) is 4.56. The van der Waals surface area contributed by atoms with E-state index in [0.29, 0.717) is 18.8 Å². The first-order valence-electron chi connectivity index (χ1n) is 7.61. The van der Waals surface area contributed by atoms with Gasteiger partial charge in [0.05, 0.1) is 6.10 Å². The molecule has 0 heterocycles. The zero-order chi connectivity index (χ0) is 19.5. The predicted molar refractivity (Wildman–Crippen MR) is 80.3 cm³/mol. The van der Waals surface area contributed by atoms with Gasteiger partial charge in [-0.25, -0.2) is 4.39 Å². The molecule has 25 heavy (non-hydrogen) atoms. The van der Waals surface area contributed by atoms with Crippen molar-refractivity contribution in [1.82, 2.24) is 0 Å². The molecule has 0 aliphatic carbocycles. The van der Waals surface area contributed by atoms with Crippen LogP contribution >= 0.6 is 0 Å². The van der Waals surface area contributed by atoms with Crippen molar-refractivity contribution in [3.8, 4) is 0 Å². The zero-order valence-corrected chi connectivity index (χ0v) is 14.0. The molecule has 0 amide bonds. The summed E-state index contributed by atoms with van der Waals surface area (Å²) < 4.78 is 95.4. The van der Waals surface area contributed by atoms with E-state index in [-0.39, 0.29) is 5.56 Å². The van der Waals surface area contributed by atoms with Crippen LogP contribution in [0.4, 0.5) is 36.4 Å². The summed E-state index contributed by atoms with van der Waals surface area (Å²) in [5, 5.41) is 0. The van der Waals surface area contributed by atoms with Crippen molar-refractivity contribution >= 4 is 5.69 Å². The molecule has 1 aromatic carbocycles. The minimum absolute atomic E-state index is 0.0439. The van der Waals surface area contributed by atoms with Gasteiger partial charge in [0, 0.05) is 32.3 Å². The van der Waals surface area contributed by atoms with Gasteiger partial charge in [-0.1, -0.05) is 12.1 Å². The van der Waals surface area contributed by atoms with Crippen LogP contribution in [0.1, 0.15) is 31.9 Å². The van der Waals surface area contributed by atoms with Crippen LogP contribution in [0.2, 0.25) is 0 Å². The lowest BCUT2D eigenvalue weighted by molar-refractivity contribution is -0.348. The molecule has 0 aromatic heterocycles. The lowest BCUT2D eigenvalue weighted by Gasteiger charge is -2.33. The largest absolute Gasteiger partial charge is 0.431 e. The van der Waals surface area contributed by atoms with Crippen LogP contribution in [-0.4, -0.2) is 38.2 Å². The molecule has 2 nitrogen and oxygen atoms in total. The smallest absolute Gasteiger partial charge is 0.377 e. The predicted octanol–water partition coefficient (Wildman–Crippen LogP) is 5.44. The highest BCUT2D eigenvalue weighted by atomic mass is 19.4. The lowest BCUT2D eigenvalue weighted by Crippen LogP contribution is -2.54. The number of anilines is 1. The van der Waals surface area contributed by atoms with E-state index in [4.69, 9.17) is 4.74 Å². The maximum absolute atomic E-state index is 14.0. The molecule has 144 valence electrons. The molecule has 1 unspecified atom stereocenters. The fraction of sp³-hybridized carbons (Fsp3) is 0.625. The highest BCUT2D eigenvalue weighted by Gasteiger charge is 2.72. The van der Waals surface area contributed by atoms with Crippen molar-refractivity contribution in [2.24, 2.45) is 0 Å². The first-order chi connectivity index (χ1) is 11.4. The third-order valence-electron chi connectivity index (χ3n) is 4.02. The second kappa shape index (κ2) is 7.80. The standard InChI is InChI=1S/C16H20F7NO/c1-4-24(5-2)12-8-6-7-11(9-12)13(25-3)10-14(17,15(18,19)20)16(21,22)23/h6-9,13H,4-5,10H2,1-3H3. The SMILES string of the molecule is CCN(CC)c1cccc(C(CC(F)(C(F)(F)F)C(F)(F)F)OC)c1. The van der Waals surface area contributed by atoms with E-state index in [1.165, 1.54) is 18.2 Å². The maximum atomic E-state index is 14.0. The summed E-state index contributed by atoms with van der Waals surface area (Å²) in [7, 11) is 0.946. The van der Waals surface area contributed by atoms with Gasteiger partial charge in [0.1, 0.15) is 0 Å². The molecular weight excluding hydrogens is 355 g/mol. The monoisotopic (exact) mass is 375 g/mol. The third-order valence-corrected chi connectivity index (χ3v) is 4.02. The molecular formula is C16H20F7NO. The second-order valence-corrected chi connectivity index (χ2v) is 5.49. The summed E-state index contributed by atoms with van der Waals surface area (Å²) in [4.78, 5) is 1.85. The Kier molecular flexibility index (Phi) is 6.72. The molecule has 0 bridgehead atoms. The molecule has 0 aliphatic rings. The quantitative estimate of drug-likeness (QED) is 0.588. The number of hydrogen-bond donors (Lipinski definition) is 0. The lowest BCUT2D eigenvalue weighted by atomic mass is 9.92. The van der Waals surface area contributed by atoms with Crippen molar-refractivity contribution in [3.05, 3.63) is 29.8 Å². The van der Waals surface area contributed by atoms with Gasteiger partial charge < -0.3 is 9.64 Å².